The molecule has 1 amide bonds. The van der Waals surface area contributed by atoms with Crippen molar-refractivity contribution in [3.05, 3.63) is 48.2 Å². The number of benzene rings is 1. The Kier molecular flexibility index (Phi) is 4.32. The van der Waals surface area contributed by atoms with Gasteiger partial charge in [-0.05, 0) is 20.3 Å². The fraction of sp³-hybridized carbons (Fsp3) is 0.350. The third kappa shape index (κ3) is 3.03. The number of anilines is 1. The zero-order valence-electron chi connectivity index (χ0n) is 15.1. The van der Waals surface area contributed by atoms with Crippen molar-refractivity contribution in [3.63, 3.8) is 0 Å². The number of hydrogen-bond acceptors (Lipinski definition) is 4. The molecule has 0 saturated carbocycles. The van der Waals surface area contributed by atoms with Crippen LogP contribution in [0.1, 0.15) is 19.0 Å². The second-order valence-corrected chi connectivity index (χ2v) is 6.75. The lowest BCUT2D eigenvalue weighted by atomic mass is 10.1. The highest BCUT2D eigenvalue weighted by molar-refractivity contribution is 5.80. The summed E-state index contributed by atoms with van der Waals surface area (Å²) in [5.41, 5.74) is 3.77. The van der Waals surface area contributed by atoms with Crippen LogP contribution in [0.4, 0.5) is 5.82 Å². The Morgan fingerprint density at radius 2 is 2.08 bits per heavy atom. The summed E-state index contributed by atoms with van der Waals surface area (Å²) in [5.74, 6) is 1.16. The van der Waals surface area contributed by atoms with Crippen LogP contribution >= 0.6 is 0 Å². The smallest absolute Gasteiger partial charge is 0.224 e. The number of amides is 1. The van der Waals surface area contributed by atoms with Gasteiger partial charge < -0.3 is 10.2 Å². The Morgan fingerprint density at radius 3 is 2.85 bits per heavy atom. The average molecular weight is 349 g/mol. The van der Waals surface area contributed by atoms with Gasteiger partial charge in [0.1, 0.15) is 5.82 Å². The minimum Gasteiger partial charge on any atom is -0.356 e. The summed E-state index contributed by atoms with van der Waals surface area (Å²) in [6.45, 7) is 6.15. The van der Waals surface area contributed by atoms with Gasteiger partial charge in [-0.3, -0.25) is 4.79 Å². The quantitative estimate of drug-likeness (QED) is 0.787. The normalized spacial score (nSPS) is 17.0. The van der Waals surface area contributed by atoms with Crippen LogP contribution in [0.5, 0.6) is 0 Å². The summed E-state index contributed by atoms with van der Waals surface area (Å²) < 4.78 is 1.89. The lowest BCUT2D eigenvalue weighted by molar-refractivity contribution is -0.124. The van der Waals surface area contributed by atoms with E-state index in [9.17, 15) is 4.79 Å². The van der Waals surface area contributed by atoms with Crippen LogP contribution in [-0.4, -0.2) is 40.1 Å². The van der Waals surface area contributed by atoms with Crippen LogP contribution in [0.3, 0.4) is 0 Å². The molecule has 1 aliphatic rings. The molecule has 0 aliphatic carbocycles. The summed E-state index contributed by atoms with van der Waals surface area (Å²) in [4.78, 5) is 19.2. The molecule has 3 aromatic rings. The van der Waals surface area contributed by atoms with E-state index < -0.39 is 0 Å². The molecule has 6 nitrogen and oxygen atoms in total. The maximum absolute atomic E-state index is 12.2. The highest BCUT2D eigenvalue weighted by atomic mass is 16.1. The first kappa shape index (κ1) is 16.6. The fourth-order valence-electron chi connectivity index (χ4n) is 3.56. The topological polar surface area (TPSA) is 62.5 Å². The molecule has 1 unspecified atom stereocenters. The van der Waals surface area contributed by atoms with Crippen molar-refractivity contribution >= 4 is 17.4 Å². The second kappa shape index (κ2) is 6.78. The van der Waals surface area contributed by atoms with Gasteiger partial charge in [-0.2, -0.15) is 9.61 Å². The Balaban J connectivity index is 1.73. The zero-order valence-corrected chi connectivity index (χ0v) is 15.1. The van der Waals surface area contributed by atoms with E-state index in [0.717, 1.165) is 41.4 Å². The molecular weight excluding hydrogens is 326 g/mol. The van der Waals surface area contributed by atoms with Crippen LogP contribution in [0.2, 0.25) is 0 Å². The largest absolute Gasteiger partial charge is 0.356 e. The molecule has 134 valence electrons. The molecule has 1 N–H and O–H groups in total. The number of aromatic nitrogens is 3. The molecular formula is C20H23N5O. The van der Waals surface area contributed by atoms with Gasteiger partial charge in [0.2, 0.25) is 5.91 Å². The van der Waals surface area contributed by atoms with Gasteiger partial charge in [-0.15, -0.1) is 0 Å². The van der Waals surface area contributed by atoms with Gasteiger partial charge in [0.25, 0.3) is 0 Å². The lowest BCUT2D eigenvalue weighted by Gasteiger charge is -2.20. The first-order chi connectivity index (χ1) is 12.7. The van der Waals surface area contributed by atoms with Crippen molar-refractivity contribution in [3.8, 4) is 11.3 Å². The van der Waals surface area contributed by atoms with E-state index in [-0.39, 0.29) is 11.8 Å². The third-order valence-corrected chi connectivity index (χ3v) is 4.83. The summed E-state index contributed by atoms with van der Waals surface area (Å²) >= 11 is 0. The van der Waals surface area contributed by atoms with Crippen molar-refractivity contribution in [1.82, 2.24) is 19.9 Å². The summed E-state index contributed by atoms with van der Waals surface area (Å²) in [6.07, 6.45) is 0.858. The highest BCUT2D eigenvalue weighted by Gasteiger charge is 2.29. The molecule has 2 aromatic heterocycles. The lowest BCUT2D eigenvalue weighted by Crippen LogP contribution is -2.33. The number of rotatable bonds is 4. The minimum absolute atomic E-state index is 0.0231. The van der Waals surface area contributed by atoms with Gasteiger partial charge in [-0.1, -0.05) is 30.3 Å². The van der Waals surface area contributed by atoms with Crippen molar-refractivity contribution in [2.45, 2.75) is 20.3 Å². The number of fused-ring (bicyclic) bond motifs is 1. The van der Waals surface area contributed by atoms with Crippen LogP contribution in [0.15, 0.2) is 42.5 Å². The molecule has 3 heterocycles. The molecule has 1 saturated heterocycles. The summed E-state index contributed by atoms with van der Waals surface area (Å²) in [6, 6.07) is 14.2. The standard InChI is InChI=1S/C20H23N5O/c1-3-21-20(26)16-9-10-24(13-16)19-12-17(15-7-5-4-6-8-15)22-18-11-14(2)23-25(18)19/h4-8,11-12,16H,3,9-10,13H2,1-2H3,(H,21,26). The molecule has 1 aliphatic heterocycles. The number of carbonyl (C=O) groups excluding carboxylic acids is 1. The van der Waals surface area contributed by atoms with Gasteiger partial charge >= 0.3 is 0 Å². The Morgan fingerprint density at radius 1 is 1.27 bits per heavy atom. The Labute approximate surface area is 152 Å². The Hall–Kier alpha value is -2.89. The molecule has 0 radical (unpaired) electrons. The summed E-state index contributed by atoms with van der Waals surface area (Å²) in [7, 11) is 0. The molecule has 6 heteroatoms. The van der Waals surface area contributed by atoms with Crippen molar-refractivity contribution < 1.29 is 4.79 Å². The number of nitrogens with zero attached hydrogens (tertiary/aromatic N) is 4. The maximum atomic E-state index is 12.2. The zero-order chi connectivity index (χ0) is 18.1. The SMILES string of the molecule is CCNC(=O)C1CCN(c2cc(-c3ccccc3)nc3cc(C)nn23)C1. The van der Waals surface area contributed by atoms with E-state index in [2.05, 4.69) is 33.5 Å². The predicted molar refractivity (Wildman–Crippen MR) is 102 cm³/mol. The fourth-order valence-corrected chi connectivity index (χ4v) is 3.56. The third-order valence-electron chi connectivity index (χ3n) is 4.83. The molecule has 26 heavy (non-hydrogen) atoms. The van der Waals surface area contributed by atoms with Gasteiger partial charge in [0, 0.05) is 37.3 Å². The highest BCUT2D eigenvalue weighted by Crippen LogP contribution is 2.28. The van der Waals surface area contributed by atoms with Crippen LogP contribution in [-0.2, 0) is 4.79 Å². The average Bonchev–Trinajstić information content (AvgIpc) is 3.27. The molecule has 0 bridgehead atoms. The van der Waals surface area contributed by atoms with Gasteiger partial charge in [-0.25, -0.2) is 4.98 Å². The first-order valence-corrected chi connectivity index (χ1v) is 9.11. The van der Waals surface area contributed by atoms with Crippen LogP contribution in [0.25, 0.3) is 16.9 Å². The van der Waals surface area contributed by atoms with E-state index in [4.69, 9.17) is 4.98 Å². The van der Waals surface area contributed by atoms with Crippen LogP contribution < -0.4 is 10.2 Å². The molecule has 0 spiro atoms. The van der Waals surface area contributed by atoms with Crippen molar-refractivity contribution in [1.29, 1.82) is 0 Å². The number of aryl methyl sites for hydroxylation is 1. The molecule has 1 atom stereocenters. The monoisotopic (exact) mass is 349 g/mol. The van der Waals surface area contributed by atoms with Crippen molar-refractivity contribution in [2.24, 2.45) is 5.92 Å². The number of nitrogens with one attached hydrogen (secondary N) is 1. The van der Waals surface area contributed by atoms with E-state index >= 15 is 0 Å². The molecule has 1 fully saturated rings. The van der Waals surface area contributed by atoms with E-state index in [1.165, 1.54) is 0 Å². The predicted octanol–water partition coefficient (Wildman–Crippen LogP) is 2.67. The summed E-state index contributed by atoms with van der Waals surface area (Å²) in [5, 5.41) is 7.55. The van der Waals surface area contributed by atoms with Gasteiger partial charge in [0.15, 0.2) is 5.65 Å². The van der Waals surface area contributed by atoms with E-state index in [1.807, 2.05) is 42.6 Å². The first-order valence-electron chi connectivity index (χ1n) is 9.11. The van der Waals surface area contributed by atoms with Crippen molar-refractivity contribution in [2.75, 3.05) is 24.5 Å². The minimum atomic E-state index is 0.0231. The van der Waals surface area contributed by atoms with E-state index in [0.29, 0.717) is 13.1 Å². The number of hydrogen-bond donors (Lipinski definition) is 1. The second-order valence-electron chi connectivity index (χ2n) is 6.75. The van der Waals surface area contributed by atoms with Crippen LogP contribution in [0, 0.1) is 12.8 Å². The Bertz CT molecular complexity index is 934. The van der Waals surface area contributed by atoms with E-state index in [1.54, 1.807) is 0 Å². The molecule has 1 aromatic carbocycles. The maximum Gasteiger partial charge on any atom is 0.224 e. The van der Waals surface area contributed by atoms with Gasteiger partial charge in [0.05, 0.1) is 17.3 Å². The number of carbonyl (C=O) groups is 1. The molecule has 4 rings (SSSR count).